The summed E-state index contributed by atoms with van der Waals surface area (Å²) in [6.45, 7) is 11.6. The Morgan fingerprint density at radius 1 is 1.35 bits per heavy atom. The predicted molar refractivity (Wildman–Crippen MR) is 71.0 cm³/mol. The number of nitrogens with zero attached hydrogens (tertiary/aromatic N) is 2. The van der Waals surface area contributed by atoms with Gasteiger partial charge >= 0.3 is 0 Å². The molecule has 1 saturated heterocycles. The third-order valence-corrected chi connectivity index (χ3v) is 3.60. The first-order chi connectivity index (χ1) is 7.97. The topological polar surface area (TPSA) is 35.6 Å². The molecule has 0 spiro atoms. The number of amides is 1. The van der Waals surface area contributed by atoms with Crippen LogP contribution in [0.15, 0.2) is 0 Å². The second-order valence-corrected chi connectivity index (χ2v) is 5.38. The molecule has 4 nitrogen and oxygen atoms in total. The molecule has 1 unspecified atom stereocenters. The van der Waals surface area contributed by atoms with Gasteiger partial charge in [0.15, 0.2) is 0 Å². The van der Waals surface area contributed by atoms with E-state index in [-0.39, 0.29) is 11.9 Å². The lowest BCUT2D eigenvalue weighted by atomic mass is 10.2. The second kappa shape index (κ2) is 6.36. The summed E-state index contributed by atoms with van der Waals surface area (Å²) < 4.78 is 0. The normalized spacial score (nSPS) is 21.3. The van der Waals surface area contributed by atoms with Crippen molar-refractivity contribution in [2.24, 2.45) is 0 Å². The van der Waals surface area contributed by atoms with Crippen molar-refractivity contribution in [3.63, 3.8) is 0 Å². The first-order valence-corrected chi connectivity index (χ1v) is 6.69. The minimum atomic E-state index is 0.0431. The van der Waals surface area contributed by atoms with E-state index in [1.165, 1.54) is 0 Å². The van der Waals surface area contributed by atoms with Crippen LogP contribution in [0.25, 0.3) is 0 Å². The van der Waals surface area contributed by atoms with Crippen molar-refractivity contribution < 1.29 is 4.79 Å². The lowest BCUT2D eigenvalue weighted by molar-refractivity contribution is -0.129. The van der Waals surface area contributed by atoms with Crippen molar-refractivity contribution in [3.05, 3.63) is 0 Å². The van der Waals surface area contributed by atoms with Gasteiger partial charge in [0, 0.05) is 31.7 Å². The van der Waals surface area contributed by atoms with Gasteiger partial charge in [-0.3, -0.25) is 9.69 Å². The van der Waals surface area contributed by atoms with Gasteiger partial charge in [0.1, 0.15) is 0 Å². The van der Waals surface area contributed by atoms with Crippen molar-refractivity contribution >= 4 is 5.91 Å². The Balaban J connectivity index is 2.43. The van der Waals surface area contributed by atoms with Crippen molar-refractivity contribution in [3.8, 4) is 0 Å². The highest BCUT2D eigenvalue weighted by Crippen LogP contribution is 2.12. The first kappa shape index (κ1) is 14.5. The second-order valence-electron chi connectivity index (χ2n) is 5.38. The molecule has 17 heavy (non-hydrogen) atoms. The van der Waals surface area contributed by atoms with Crippen LogP contribution in [0.2, 0.25) is 0 Å². The van der Waals surface area contributed by atoms with Gasteiger partial charge in [-0.2, -0.15) is 0 Å². The van der Waals surface area contributed by atoms with Gasteiger partial charge in [-0.25, -0.2) is 0 Å². The highest BCUT2D eigenvalue weighted by Gasteiger charge is 2.30. The monoisotopic (exact) mass is 241 g/mol. The molecule has 1 fully saturated rings. The Labute approximate surface area is 105 Å². The van der Waals surface area contributed by atoms with Gasteiger partial charge in [0.2, 0.25) is 5.91 Å². The van der Waals surface area contributed by atoms with Crippen LogP contribution in [0.1, 0.15) is 34.1 Å². The highest BCUT2D eigenvalue weighted by molar-refractivity contribution is 5.83. The van der Waals surface area contributed by atoms with Crippen molar-refractivity contribution in [1.29, 1.82) is 0 Å². The van der Waals surface area contributed by atoms with Crippen molar-refractivity contribution in [1.82, 2.24) is 15.1 Å². The Bertz CT molecular complexity index is 245. The molecule has 4 heteroatoms. The molecule has 0 bridgehead atoms. The fraction of sp³-hybridized carbons (Fsp3) is 0.923. The fourth-order valence-corrected chi connectivity index (χ4v) is 2.58. The number of hydrogen-bond donors (Lipinski definition) is 1. The highest BCUT2D eigenvalue weighted by atomic mass is 16.2. The zero-order valence-electron chi connectivity index (χ0n) is 11.9. The maximum atomic E-state index is 11.9. The summed E-state index contributed by atoms with van der Waals surface area (Å²) in [7, 11) is 1.86. The van der Waals surface area contributed by atoms with Gasteiger partial charge < -0.3 is 10.2 Å². The molecule has 0 aromatic carbocycles. The van der Waals surface area contributed by atoms with E-state index in [0.29, 0.717) is 12.1 Å². The Hall–Kier alpha value is -0.610. The Morgan fingerprint density at radius 2 is 1.94 bits per heavy atom. The number of carbonyl (C=O) groups is 1. The SMILES string of the molecule is CNC1CCN(CCN(C(C)C)C(C)C)C1=O. The molecule has 1 rings (SSSR count). The van der Waals surface area contributed by atoms with E-state index in [0.717, 1.165) is 26.1 Å². The fourth-order valence-electron chi connectivity index (χ4n) is 2.58. The largest absolute Gasteiger partial charge is 0.340 e. The molecule has 0 radical (unpaired) electrons. The van der Waals surface area contributed by atoms with Crippen LogP contribution in [0.5, 0.6) is 0 Å². The molecule has 1 aliphatic rings. The molecule has 100 valence electrons. The molecule has 1 amide bonds. The summed E-state index contributed by atoms with van der Waals surface area (Å²) in [5.41, 5.74) is 0. The predicted octanol–water partition coefficient (Wildman–Crippen LogP) is 0.925. The molecular weight excluding hydrogens is 214 g/mol. The van der Waals surface area contributed by atoms with Gasteiger partial charge in [-0.05, 0) is 41.2 Å². The third kappa shape index (κ3) is 3.68. The van der Waals surface area contributed by atoms with E-state index >= 15 is 0 Å². The van der Waals surface area contributed by atoms with Gasteiger partial charge in [0.05, 0.1) is 6.04 Å². The Kier molecular flexibility index (Phi) is 5.40. The summed E-state index contributed by atoms with van der Waals surface area (Å²) in [5.74, 6) is 0.264. The number of carbonyl (C=O) groups excluding carboxylic acids is 1. The van der Waals surface area contributed by atoms with Crippen LogP contribution >= 0.6 is 0 Å². The first-order valence-electron chi connectivity index (χ1n) is 6.69. The average Bonchev–Trinajstić information content (AvgIpc) is 2.59. The maximum Gasteiger partial charge on any atom is 0.239 e. The van der Waals surface area contributed by atoms with Crippen LogP contribution in [0, 0.1) is 0 Å². The molecule has 0 aromatic rings. The maximum absolute atomic E-state index is 11.9. The number of hydrogen-bond acceptors (Lipinski definition) is 3. The molecule has 0 aliphatic carbocycles. The van der Waals surface area contributed by atoms with Crippen LogP contribution in [0.3, 0.4) is 0 Å². The number of rotatable bonds is 6. The molecule has 1 heterocycles. The van der Waals surface area contributed by atoms with Gasteiger partial charge in [0.25, 0.3) is 0 Å². The average molecular weight is 241 g/mol. The minimum Gasteiger partial charge on any atom is -0.340 e. The van der Waals surface area contributed by atoms with Gasteiger partial charge in [-0.1, -0.05) is 0 Å². The molecule has 1 aliphatic heterocycles. The number of likely N-dealkylation sites (N-methyl/N-ethyl adjacent to an activating group) is 1. The van der Waals surface area contributed by atoms with Crippen molar-refractivity contribution in [2.45, 2.75) is 52.2 Å². The van der Waals surface area contributed by atoms with Crippen LogP contribution < -0.4 is 5.32 Å². The zero-order chi connectivity index (χ0) is 13.0. The summed E-state index contributed by atoms with van der Waals surface area (Å²) in [6.07, 6.45) is 0.943. The standard InChI is InChI=1S/C13H27N3O/c1-10(2)16(11(3)4)9-8-15-7-6-12(14-5)13(15)17/h10-12,14H,6-9H2,1-5H3. The van der Waals surface area contributed by atoms with E-state index in [1.54, 1.807) is 0 Å². The van der Waals surface area contributed by atoms with Gasteiger partial charge in [-0.15, -0.1) is 0 Å². The van der Waals surface area contributed by atoms with E-state index in [4.69, 9.17) is 0 Å². The molecule has 0 aromatic heterocycles. The molecular formula is C13H27N3O. The van der Waals surface area contributed by atoms with E-state index in [9.17, 15) is 4.79 Å². The molecule has 0 saturated carbocycles. The molecule has 1 N–H and O–H groups in total. The summed E-state index contributed by atoms with van der Waals surface area (Å²) in [6, 6.07) is 1.11. The zero-order valence-corrected chi connectivity index (χ0v) is 11.9. The smallest absolute Gasteiger partial charge is 0.239 e. The van der Waals surface area contributed by atoms with Crippen molar-refractivity contribution in [2.75, 3.05) is 26.7 Å². The van der Waals surface area contributed by atoms with Crippen LogP contribution in [-0.4, -0.2) is 60.5 Å². The molecule has 1 atom stereocenters. The number of likely N-dealkylation sites (tertiary alicyclic amines) is 1. The quantitative estimate of drug-likeness (QED) is 0.751. The summed E-state index contributed by atoms with van der Waals surface area (Å²) in [5, 5.41) is 3.07. The number of nitrogens with one attached hydrogen (secondary N) is 1. The van der Waals surface area contributed by atoms with E-state index in [2.05, 4.69) is 37.9 Å². The van der Waals surface area contributed by atoms with E-state index < -0.39 is 0 Å². The lowest BCUT2D eigenvalue weighted by Gasteiger charge is -2.32. The lowest BCUT2D eigenvalue weighted by Crippen LogP contribution is -2.44. The summed E-state index contributed by atoms with van der Waals surface area (Å²) >= 11 is 0. The minimum absolute atomic E-state index is 0.0431. The van der Waals surface area contributed by atoms with Crippen LogP contribution in [0.4, 0.5) is 0 Å². The third-order valence-electron chi connectivity index (χ3n) is 3.60. The Morgan fingerprint density at radius 3 is 2.35 bits per heavy atom. The summed E-state index contributed by atoms with van der Waals surface area (Å²) in [4.78, 5) is 16.3. The van der Waals surface area contributed by atoms with E-state index in [1.807, 2.05) is 11.9 Å². The van der Waals surface area contributed by atoms with Crippen LogP contribution in [-0.2, 0) is 4.79 Å².